The monoisotopic (exact) mass is 458 g/mol. The van der Waals surface area contributed by atoms with Gasteiger partial charge in [0.25, 0.3) is 0 Å². The smallest absolute Gasteiger partial charge is 0.311 e. The van der Waals surface area contributed by atoms with Crippen LogP contribution in [0.5, 0.6) is 0 Å². The average Bonchev–Trinajstić information content (AvgIpc) is 3.59. The number of hydrogen-bond donors (Lipinski definition) is 0. The highest BCUT2D eigenvalue weighted by Crippen LogP contribution is 2.69. The summed E-state index contributed by atoms with van der Waals surface area (Å²) in [6, 6.07) is 0. The van der Waals surface area contributed by atoms with E-state index in [9.17, 15) is 14.4 Å². The molecule has 6 saturated carbocycles. The fourth-order valence-electron chi connectivity index (χ4n) is 8.90. The van der Waals surface area contributed by atoms with E-state index in [1.807, 2.05) is 20.8 Å². The summed E-state index contributed by atoms with van der Waals surface area (Å²) in [5.41, 5.74) is -0.439. The summed E-state index contributed by atoms with van der Waals surface area (Å²) >= 11 is 0. The summed E-state index contributed by atoms with van der Waals surface area (Å²) < 4.78 is 17.5. The lowest BCUT2D eigenvalue weighted by molar-refractivity contribution is -0.174. The number of esters is 2. The van der Waals surface area contributed by atoms with Crippen molar-refractivity contribution in [2.45, 2.75) is 84.3 Å². The molecule has 0 aromatic rings. The van der Waals surface area contributed by atoms with Crippen molar-refractivity contribution in [3.63, 3.8) is 0 Å². The third kappa shape index (κ3) is 3.41. The van der Waals surface area contributed by atoms with Crippen molar-refractivity contribution in [2.75, 3.05) is 6.79 Å². The van der Waals surface area contributed by atoms with Crippen molar-refractivity contribution in [3.8, 4) is 0 Å². The van der Waals surface area contributed by atoms with Gasteiger partial charge >= 0.3 is 11.9 Å². The number of carbonyl (C=O) groups is 3. The van der Waals surface area contributed by atoms with Crippen LogP contribution in [0.15, 0.2) is 0 Å². The minimum Gasteiger partial charge on any atom is -0.462 e. The second-order valence-corrected chi connectivity index (χ2v) is 12.6. The molecule has 33 heavy (non-hydrogen) atoms. The van der Waals surface area contributed by atoms with Gasteiger partial charge in [0, 0.05) is 12.3 Å². The van der Waals surface area contributed by atoms with Crippen LogP contribution in [0.25, 0.3) is 0 Å². The quantitative estimate of drug-likeness (QED) is 0.324. The van der Waals surface area contributed by atoms with Gasteiger partial charge in [-0.05, 0) is 100 Å². The van der Waals surface area contributed by atoms with Gasteiger partial charge in [-0.3, -0.25) is 14.4 Å². The maximum Gasteiger partial charge on any atom is 0.311 e. The van der Waals surface area contributed by atoms with Crippen molar-refractivity contribution in [3.05, 3.63) is 0 Å². The highest BCUT2D eigenvalue weighted by atomic mass is 16.7. The molecule has 0 saturated heterocycles. The molecule has 11 unspecified atom stereocenters. The topological polar surface area (TPSA) is 78.9 Å². The summed E-state index contributed by atoms with van der Waals surface area (Å²) in [4.78, 5) is 37.7. The molecule has 6 nitrogen and oxygen atoms in total. The van der Waals surface area contributed by atoms with Gasteiger partial charge in [-0.1, -0.05) is 6.92 Å². The molecule has 6 heteroatoms. The molecule has 6 fully saturated rings. The van der Waals surface area contributed by atoms with Crippen LogP contribution < -0.4 is 0 Å². The van der Waals surface area contributed by atoms with Crippen LogP contribution in [0.2, 0.25) is 0 Å². The van der Waals surface area contributed by atoms with Gasteiger partial charge in [0.2, 0.25) is 0 Å². The van der Waals surface area contributed by atoms with Gasteiger partial charge in [0.15, 0.2) is 6.79 Å². The summed E-state index contributed by atoms with van der Waals surface area (Å²) in [7, 11) is 0. The first kappa shape index (κ1) is 22.1. The van der Waals surface area contributed by atoms with Crippen LogP contribution in [0.4, 0.5) is 0 Å². The zero-order valence-electron chi connectivity index (χ0n) is 20.2. The molecule has 0 aliphatic heterocycles. The predicted molar refractivity (Wildman–Crippen MR) is 119 cm³/mol. The van der Waals surface area contributed by atoms with E-state index in [2.05, 4.69) is 0 Å². The lowest BCUT2D eigenvalue weighted by Gasteiger charge is -2.41. The Morgan fingerprint density at radius 2 is 1.70 bits per heavy atom. The van der Waals surface area contributed by atoms with Crippen LogP contribution >= 0.6 is 0 Å². The Labute approximate surface area is 196 Å². The predicted octanol–water partition coefficient (Wildman–Crippen LogP) is 4.15. The molecule has 0 N–H and O–H groups in total. The van der Waals surface area contributed by atoms with Crippen LogP contribution in [0.3, 0.4) is 0 Å². The van der Waals surface area contributed by atoms with Crippen LogP contribution in [-0.4, -0.2) is 36.7 Å². The van der Waals surface area contributed by atoms with E-state index in [0.29, 0.717) is 53.6 Å². The number of ketones is 1. The third-order valence-electron chi connectivity index (χ3n) is 10.7. The van der Waals surface area contributed by atoms with E-state index in [4.69, 9.17) is 14.2 Å². The number of fused-ring (bicyclic) bond motifs is 11. The van der Waals surface area contributed by atoms with Crippen molar-refractivity contribution in [1.82, 2.24) is 0 Å². The third-order valence-corrected chi connectivity index (χ3v) is 10.7. The van der Waals surface area contributed by atoms with Crippen molar-refractivity contribution in [2.24, 2.45) is 58.7 Å². The number of hydrogen-bond acceptors (Lipinski definition) is 6. The highest BCUT2D eigenvalue weighted by Gasteiger charge is 2.66. The van der Waals surface area contributed by atoms with Gasteiger partial charge in [0.05, 0.1) is 17.4 Å². The number of ether oxygens (including phenoxy) is 3. The summed E-state index contributed by atoms with van der Waals surface area (Å²) in [6.45, 7) is 5.93. The molecule has 0 aromatic carbocycles. The second kappa shape index (κ2) is 7.79. The Bertz CT molecular complexity index is 850. The molecule has 6 aliphatic rings. The van der Waals surface area contributed by atoms with Crippen LogP contribution in [-0.2, 0) is 28.6 Å². The van der Waals surface area contributed by atoms with Crippen molar-refractivity contribution >= 4 is 17.7 Å². The SMILES string of the molecule is CCC(C)(C)C(=O)OC1CC2CC1C1C3CC(CC3C(=O)OCOC3CC4CC(=O)C3C4)C21. The molecule has 6 aliphatic carbocycles. The molecule has 6 rings (SSSR count). The Kier molecular flexibility index (Phi) is 5.21. The van der Waals surface area contributed by atoms with Crippen LogP contribution in [0, 0.1) is 58.7 Å². The van der Waals surface area contributed by atoms with Crippen LogP contribution in [0.1, 0.15) is 72.1 Å². The zero-order valence-corrected chi connectivity index (χ0v) is 20.2. The molecule has 0 spiro atoms. The van der Waals surface area contributed by atoms with Gasteiger partial charge in [0.1, 0.15) is 11.9 Å². The molecular formula is C27H38O6. The van der Waals surface area contributed by atoms with Gasteiger partial charge in [-0.15, -0.1) is 0 Å². The van der Waals surface area contributed by atoms with E-state index in [1.165, 1.54) is 0 Å². The molecule has 0 radical (unpaired) electrons. The van der Waals surface area contributed by atoms with Crippen molar-refractivity contribution < 1.29 is 28.6 Å². The number of carbonyl (C=O) groups excluding carboxylic acids is 3. The summed E-state index contributed by atoms with van der Waals surface area (Å²) in [5.74, 6) is 3.76. The van der Waals surface area contributed by atoms with Gasteiger partial charge in [-0.2, -0.15) is 0 Å². The van der Waals surface area contributed by atoms with E-state index in [1.54, 1.807) is 0 Å². The Hall–Kier alpha value is -1.43. The maximum absolute atomic E-state index is 13.0. The molecule has 182 valence electrons. The van der Waals surface area contributed by atoms with Gasteiger partial charge in [-0.25, -0.2) is 0 Å². The van der Waals surface area contributed by atoms with Crippen molar-refractivity contribution in [1.29, 1.82) is 0 Å². The molecule has 11 atom stereocenters. The average molecular weight is 459 g/mol. The first-order valence-corrected chi connectivity index (χ1v) is 13.3. The first-order valence-electron chi connectivity index (χ1n) is 13.3. The van der Waals surface area contributed by atoms with E-state index in [0.717, 1.165) is 44.9 Å². The standard InChI is InChI=1S/C27H38O6/c1-4-27(2,3)26(30)33-22-11-15-10-19(22)24-16-8-14(23(15)24)9-17(16)25(29)32-12-31-21-7-13-5-18(21)20(28)6-13/h13-19,21-24H,4-12H2,1-3H3. The number of Topliss-reactive ketones (excluding diaryl/α,β-unsaturated/α-hetero) is 1. The largest absolute Gasteiger partial charge is 0.462 e. The summed E-state index contributed by atoms with van der Waals surface area (Å²) in [5, 5.41) is 0. The molecule has 0 heterocycles. The Morgan fingerprint density at radius 3 is 2.42 bits per heavy atom. The minimum absolute atomic E-state index is 0.0170. The minimum atomic E-state index is -0.439. The fraction of sp³-hybridized carbons (Fsp3) is 0.889. The maximum atomic E-state index is 13.0. The van der Waals surface area contributed by atoms with E-state index in [-0.39, 0.29) is 42.8 Å². The number of rotatable bonds is 7. The first-order chi connectivity index (χ1) is 15.8. The second-order valence-electron chi connectivity index (χ2n) is 12.6. The lowest BCUT2D eigenvalue weighted by atomic mass is 9.66. The highest BCUT2D eigenvalue weighted by molar-refractivity contribution is 5.85. The van der Waals surface area contributed by atoms with E-state index >= 15 is 0 Å². The molecule has 0 amide bonds. The lowest BCUT2D eigenvalue weighted by Crippen LogP contribution is -2.43. The summed E-state index contributed by atoms with van der Waals surface area (Å²) in [6.07, 6.45) is 7.50. The fourth-order valence-corrected chi connectivity index (χ4v) is 8.90. The Morgan fingerprint density at radius 1 is 0.939 bits per heavy atom. The zero-order chi connectivity index (χ0) is 23.1. The molecule has 6 bridgehead atoms. The Balaban J connectivity index is 1.05. The normalized spacial score (nSPS) is 46.8. The van der Waals surface area contributed by atoms with Gasteiger partial charge < -0.3 is 14.2 Å². The molecular weight excluding hydrogens is 420 g/mol. The van der Waals surface area contributed by atoms with E-state index < -0.39 is 5.41 Å². The molecule has 0 aromatic heterocycles.